The highest BCUT2D eigenvalue weighted by Crippen LogP contribution is 2.32. The van der Waals surface area contributed by atoms with Crippen molar-refractivity contribution in [3.63, 3.8) is 0 Å². The molecule has 0 saturated heterocycles. The number of esters is 1. The smallest absolute Gasteiger partial charge is 0.348 e. The molecule has 6 heteroatoms. The molecule has 1 aromatic heterocycles. The molecule has 0 radical (unpaired) electrons. The molecule has 2 rings (SSSR count). The second-order valence-electron chi connectivity index (χ2n) is 5.33. The minimum absolute atomic E-state index is 0.248. The number of fused-ring (bicyclic) bond motifs is 1. The molecule has 116 valence electrons. The Balaban J connectivity index is 1.82. The highest BCUT2D eigenvalue weighted by atomic mass is 32.1. The average Bonchev–Trinajstić information content (AvgIpc) is 2.88. The molecule has 1 N–H and O–H groups in total. The molecule has 0 saturated carbocycles. The molecule has 0 fully saturated rings. The summed E-state index contributed by atoms with van der Waals surface area (Å²) in [5, 5.41) is 2.61. The minimum atomic E-state index is -0.413. The van der Waals surface area contributed by atoms with Gasteiger partial charge in [-0.25, -0.2) is 4.79 Å². The number of carbonyl (C=O) groups excluding carboxylic acids is 2. The predicted octanol–water partition coefficient (Wildman–Crippen LogP) is 1.79. The van der Waals surface area contributed by atoms with Crippen LogP contribution in [-0.2, 0) is 27.1 Å². The van der Waals surface area contributed by atoms with Crippen molar-refractivity contribution in [2.45, 2.75) is 26.2 Å². The summed E-state index contributed by atoms with van der Waals surface area (Å²) in [7, 11) is 1.56. The summed E-state index contributed by atoms with van der Waals surface area (Å²) < 4.78 is 9.87. The zero-order valence-corrected chi connectivity index (χ0v) is 13.3. The van der Waals surface area contributed by atoms with Crippen molar-refractivity contribution >= 4 is 23.2 Å². The Morgan fingerprint density at radius 1 is 1.48 bits per heavy atom. The van der Waals surface area contributed by atoms with E-state index in [9.17, 15) is 9.59 Å². The fourth-order valence-electron chi connectivity index (χ4n) is 2.35. The molecule has 0 aromatic carbocycles. The number of hydrogen-bond acceptors (Lipinski definition) is 5. The first-order chi connectivity index (χ1) is 10.1. The Labute approximate surface area is 128 Å². The number of methoxy groups -OCH3 is 1. The van der Waals surface area contributed by atoms with Crippen molar-refractivity contribution in [2.24, 2.45) is 5.92 Å². The van der Waals surface area contributed by atoms with Gasteiger partial charge in [-0.3, -0.25) is 4.79 Å². The van der Waals surface area contributed by atoms with Crippen molar-refractivity contribution < 1.29 is 19.1 Å². The third-order valence-electron chi connectivity index (χ3n) is 3.49. The summed E-state index contributed by atoms with van der Waals surface area (Å²) in [6, 6.07) is 1.92. The van der Waals surface area contributed by atoms with Crippen LogP contribution in [0.2, 0.25) is 0 Å². The van der Waals surface area contributed by atoms with Gasteiger partial charge in [0.05, 0.1) is 6.61 Å². The van der Waals surface area contributed by atoms with E-state index >= 15 is 0 Å². The van der Waals surface area contributed by atoms with E-state index in [1.165, 1.54) is 28.2 Å². The first-order valence-corrected chi connectivity index (χ1v) is 7.96. The summed E-state index contributed by atoms with van der Waals surface area (Å²) in [5.41, 5.74) is 1.26. The summed E-state index contributed by atoms with van der Waals surface area (Å²) in [5.74, 6) is -0.0539. The van der Waals surface area contributed by atoms with Gasteiger partial charge in [-0.2, -0.15) is 0 Å². The number of thiophene rings is 1. The van der Waals surface area contributed by atoms with Crippen molar-refractivity contribution in [2.75, 3.05) is 26.9 Å². The van der Waals surface area contributed by atoms with Crippen molar-refractivity contribution in [1.82, 2.24) is 5.32 Å². The molecule has 5 nitrogen and oxygen atoms in total. The molecule has 1 unspecified atom stereocenters. The molecular formula is C15H21NO4S. The van der Waals surface area contributed by atoms with E-state index in [1.54, 1.807) is 7.11 Å². The Morgan fingerprint density at radius 3 is 3.05 bits per heavy atom. The number of aryl methyl sites for hydroxylation is 1. The predicted molar refractivity (Wildman–Crippen MR) is 80.7 cm³/mol. The number of rotatable bonds is 6. The number of amides is 1. The van der Waals surface area contributed by atoms with Crippen molar-refractivity contribution in [3.05, 3.63) is 21.4 Å². The molecule has 1 aromatic rings. The van der Waals surface area contributed by atoms with E-state index in [2.05, 4.69) is 12.2 Å². The fourth-order valence-corrected chi connectivity index (χ4v) is 3.45. The van der Waals surface area contributed by atoms with E-state index in [4.69, 9.17) is 9.47 Å². The number of carbonyl (C=O) groups is 2. The van der Waals surface area contributed by atoms with Gasteiger partial charge < -0.3 is 14.8 Å². The van der Waals surface area contributed by atoms with Gasteiger partial charge in [0.15, 0.2) is 6.61 Å². The SMILES string of the molecule is COCCNC(=O)COC(=O)c1cc2c(s1)CCC(C)C2. The van der Waals surface area contributed by atoms with E-state index in [0.717, 1.165) is 12.8 Å². The summed E-state index contributed by atoms with van der Waals surface area (Å²) in [6.07, 6.45) is 3.23. The average molecular weight is 311 g/mol. The van der Waals surface area contributed by atoms with Crippen molar-refractivity contribution in [3.8, 4) is 0 Å². The van der Waals surface area contributed by atoms with Crippen LogP contribution in [0.1, 0.15) is 33.5 Å². The lowest BCUT2D eigenvalue weighted by Gasteiger charge is -2.16. The van der Waals surface area contributed by atoms with E-state index in [0.29, 0.717) is 23.9 Å². The maximum Gasteiger partial charge on any atom is 0.348 e. The van der Waals surface area contributed by atoms with Crippen LogP contribution >= 0.6 is 11.3 Å². The Kier molecular flexibility index (Phi) is 5.76. The van der Waals surface area contributed by atoms with Gasteiger partial charge in [-0.1, -0.05) is 6.92 Å². The minimum Gasteiger partial charge on any atom is -0.451 e. The highest BCUT2D eigenvalue weighted by molar-refractivity contribution is 7.14. The quantitative estimate of drug-likeness (QED) is 0.642. The van der Waals surface area contributed by atoms with Crippen LogP contribution in [0.4, 0.5) is 0 Å². The largest absolute Gasteiger partial charge is 0.451 e. The van der Waals surface area contributed by atoms with Crippen molar-refractivity contribution in [1.29, 1.82) is 0 Å². The monoisotopic (exact) mass is 311 g/mol. The molecule has 0 bridgehead atoms. The molecule has 1 aliphatic rings. The van der Waals surface area contributed by atoms with Gasteiger partial charge in [-0.15, -0.1) is 11.3 Å². The zero-order chi connectivity index (χ0) is 15.2. The highest BCUT2D eigenvalue weighted by Gasteiger charge is 2.21. The molecule has 1 atom stereocenters. The summed E-state index contributed by atoms with van der Waals surface area (Å²) in [6.45, 7) is 2.83. The molecule has 1 heterocycles. The lowest BCUT2D eigenvalue weighted by molar-refractivity contribution is -0.124. The molecule has 1 amide bonds. The Bertz CT molecular complexity index is 512. The normalized spacial score (nSPS) is 17.1. The lowest BCUT2D eigenvalue weighted by atomic mass is 9.90. The third kappa shape index (κ3) is 4.54. The van der Waals surface area contributed by atoms with Crippen LogP contribution in [0.25, 0.3) is 0 Å². The molecule has 0 aliphatic heterocycles. The van der Waals surface area contributed by atoms with Crippen LogP contribution in [-0.4, -0.2) is 38.7 Å². The molecule has 0 spiro atoms. The van der Waals surface area contributed by atoms with Crippen LogP contribution in [0.15, 0.2) is 6.07 Å². The number of nitrogens with one attached hydrogen (secondary N) is 1. The summed E-state index contributed by atoms with van der Waals surface area (Å²) >= 11 is 1.49. The molecular weight excluding hydrogens is 290 g/mol. The topological polar surface area (TPSA) is 64.6 Å². The second kappa shape index (κ2) is 7.56. The molecule has 1 aliphatic carbocycles. The first-order valence-electron chi connectivity index (χ1n) is 7.14. The Hall–Kier alpha value is -1.40. The van der Waals surface area contributed by atoms with Gasteiger partial charge in [0.1, 0.15) is 4.88 Å². The molecule has 21 heavy (non-hydrogen) atoms. The lowest BCUT2D eigenvalue weighted by Crippen LogP contribution is -2.31. The number of hydrogen-bond donors (Lipinski definition) is 1. The number of ether oxygens (including phenoxy) is 2. The third-order valence-corrected chi connectivity index (χ3v) is 4.71. The first kappa shape index (κ1) is 16.0. The zero-order valence-electron chi connectivity index (χ0n) is 12.4. The fraction of sp³-hybridized carbons (Fsp3) is 0.600. The maximum absolute atomic E-state index is 12.0. The van der Waals surface area contributed by atoms with Gasteiger partial charge in [0, 0.05) is 18.5 Å². The van der Waals surface area contributed by atoms with Gasteiger partial charge in [0.25, 0.3) is 5.91 Å². The van der Waals surface area contributed by atoms with Gasteiger partial charge >= 0.3 is 5.97 Å². The maximum atomic E-state index is 12.0. The van der Waals surface area contributed by atoms with E-state index in [1.807, 2.05) is 6.07 Å². The van der Waals surface area contributed by atoms with Crippen LogP contribution < -0.4 is 5.32 Å². The van der Waals surface area contributed by atoms with Gasteiger partial charge in [0.2, 0.25) is 0 Å². The second-order valence-corrected chi connectivity index (χ2v) is 6.46. The van der Waals surface area contributed by atoms with Crippen LogP contribution in [0, 0.1) is 5.92 Å². The van der Waals surface area contributed by atoms with E-state index in [-0.39, 0.29) is 12.5 Å². The standard InChI is InChI=1S/C15H21NO4S/c1-10-3-4-12-11(7-10)8-13(21-12)15(18)20-9-14(17)16-5-6-19-2/h8,10H,3-7,9H2,1-2H3,(H,16,17). The van der Waals surface area contributed by atoms with E-state index < -0.39 is 5.97 Å². The Morgan fingerprint density at radius 2 is 2.29 bits per heavy atom. The summed E-state index contributed by atoms with van der Waals surface area (Å²) in [4.78, 5) is 25.3. The van der Waals surface area contributed by atoms with Crippen LogP contribution in [0.3, 0.4) is 0 Å². The van der Waals surface area contributed by atoms with Crippen LogP contribution in [0.5, 0.6) is 0 Å². The van der Waals surface area contributed by atoms with Gasteiger partial charge in [-0.05, 0) is 36.8 Å².